The van der Waals surface area contributed by atoms with Crippen molar-refractivity contribution >= 4 is 21.8 Å². The molecule has 26 heavy (non-hydrogen) atoms. The number of carbonyl (C=O) groups excluding carboxylic acids is 1. The van der Waals surface area contributed by atoms with Gasteiger partial charge in [0.1, 0.15) is 0 Å². The number of halogens is 1. The predicted octanol–water partition coefficient (Wildman–Crippen LogP) is 3.02. The first-order valence-electron chi connectivity index (χ1n) is 8.91. The highest BCUT2D eigenvalue weighted by molar-refractivity contribution is 9.10. The lowest BCUT2D eigenvalue weighted by Crippen LogP contribution is -2.43. The van der Waals surface area contributed by atoms with E-state index in [-0.39, 0.29) is 24.2 Å². The Labute approximate surface area is 164 Å². The van der Waals surface area contributed by atoms with Crippen LogP contribution in [0.2, 0.25) is 0 Å². The molecule has 1 aliphatic heterocycles. The van der Waals surface area contributed by atoms with Gasteiger partial charge in [-0.25, -0.2) is 0 Å². The van der Waals surface area contributed by atoms with Crippen LogP contribution in [0.15, 0.2) is 16.6 Å². The van der Waals surface area contributed by atoms with Crippen molar-refractivity contribution in [2.24, 2.45) is 0 Å². The average Bonchev–Trinajstić information content (AvgIpc) is 3.06. The second kappa shape index (κ2) is 9.58. The highest BCUT2D eigenvalue weighted by Crippen LogP contribution is 2.36. The van der Waals surface area contributed by atoms with Crippen molar-refractivity contribution < 1.29 is 19.0 Å². The van der Waals surface area contributed by atoms with E-state index in [1.165, 1.54) is 0 Å². The van der Waals surface area contributed by atoms with Crippen LogP contribution in [0.25, 0.3) is 0 Å². The zero-order valence-electron chi connectivity index (χ0n) is 16.0. The summed E-state index contributed by atoms with van der Waals surface area (Å²) in [6.45, 7) is 7.96. The molecule has 2 rings (SSSR count). The zero-order valence-corrected chi connectivity index (χ0v) is 17.6. The monoisotopic (exact) mass is 428 g/mol. The number of carbonyl (C=O) groups is 1. The summed E-state index contributed by atoms with van der Waals surface area (Å²) in [6.07, 6.45) is 2.47. The second-order valence-electron chi connectivity index (χ2n) is 7.41. The molecule has 0 aromatic heterocycles. The topological polar surface area (TPSA) is 68.8 Å². The van der Waals surface area contributed by atoms with Gasteiger partial charge in [-0.1, -0.05) is 15.9 Å². The fraction of sp³-hybridized carbons (Fsp3) is 0.632. The molecule has 0 aliphatic carbocycles. The highest BCUT2D eigenvalue weighted by Gasteiger charge is 2.19. The molecule has 0 saturated carbocycles. The van der Waals surface area contributed by atoms with Crippen LogP contribution in [0.3, 0.4) is 0 Å². The number of methoxy groups -OCH3 is 1. The molecular formula is C19H29BrN2O4. The summed E-state index contributed by atoms with van der Waals surface area (Å²) >= 11 is 3.57. The Bertz CT molecular complexity index is 610. The number of amides is 1. The Morgan fingerprint density at radius 3 is 2.77 bits per heavy atom. The Morgan fingerprint density at radius 2 is 2.15 bits per heavy atom. The lowest BCUT2D eigenvalue weighted by Gasteiger charge is -2.22. The molecule has 1 amide bonds. The fourth-order valence-electron chi connectivity index (χ4n) is 2.82. The third-order valence-corrected chi connectivity index (χ3v) is 4.69. The largest absolute Gasteiger partial charge is 0.493 e. The van der Waals surface area contributed by atoms with Gasteiger partial charge >= 0.3 is 0 Å². The molecule has 0 bridgehead atoms. The van der Waals surface area contributed by atoms with Crippen LogP contribution in [0.5, 0.6) is 11.5 Å². The summed E-state index contributed by atoms with van der Waals surface area (Å²) in [6, 6.07) is 3.74. The Balaban J connectivity index is 2.04. The molecule has 1 aliphatic rings. The van der Waals surface area contributed by atoms with E-state index in [1.54, 1.807) is 7.11 Å². The van der Waals surface area contributed by atoms with E-state index in [4.69, 9.17) is 14.2 Å². The lowest BCUT2D eigenvalue weighted by molar-refractivity contribution is -0.124. The van der Waals surface area contributed by atoms with Gasteiger partial charge in [0.25, 0.3) is 5.91 Å². The van der Waals surface area contributed by atoms with Gasteiger partial charge in [-0.05, 0) is 45.7 Å². The van der Waals surface area contributed by atoms with Crippen molar-refractivity contribution in [2.45, 2.75) is 51.8 Å². The van der Waals surface area contributed by atoms with E-state index in [0.29, 0.717) is 18.0 Å². The maximum atomic E-state index is 12.1. The minimum atomic E-state index is -0.298. The van der Waals surface area contributed by atoms with E-state index in [1.807, 2.05) is 32.9 Å². The second-order valence-corrected chi connectivity index (χ2v) is 8.26. The first kappa shape index (κ1) is 21.0. The Hall–Kier alpha value is -1.31. The van der Waals surface area contributed by atoms with Gasteiger partial charge in [-0.3, -0.25) is 4.79 Å². The Morgan fingerprint density at radius 1 is 1.38 bits per heavy atom. The molecule has 1 saturated heterocycles. The van der Waals surface area contributed by atoms with Gasteiger partial charge in [-0.15, -0.1) is 0 Å². The van der Waals surface area contributed by atoms with Crippen LogP contribution in [0.4, 0.5) is 0 Å². The van der Waals surface area contributed by atoms with E-state index >= 15 is 0 Å². The van der Waals surface area contributed by atoms with Crippen molar-refractivity contribution in [3.8, 4) is 11.5 Å². The fourth-order valence-corrected chi connectivity index (χ4v) is 3.27. The van der Waals surface area contributed by atoms with Crippen LogP contribution < -0.4 is 20.1 Å². The summed E-state index contributed by atoms with van der Waals surface area (Å²) in [5.41, 5.74) is 0.624. The zero-order chi connectivity index (χ0) is 19.2. The van der Waals surface area contributed by atoms with Crippen molar-refractivity contribution in [3.63, 3.8) is 0 Å². The molecule has 2 N–H and O–H groups in total. The SMILES string of the molecule is COc1ccc(Br)c(CNCC2CCCO2)c1OCC(=O)NC(C)(C)C. The van der Waals surface area contributed by atoms with Gasteiger partial charge in [0.15, 0.2) is 18.1 Å². The lowest BCUT2D eigenvalue weighted by atomic mass is 10.1. The maximum Gasteiger partial charge on any atom is 0.258 e. The summed E-state index contributed by atoms with van der Waals surface area (Å²) in [4.78, 5) is 12.1. The van der Waals surface area contributed by atoms with Crippen molar-refractivity contribution in [2.75, 3.05) is 26.9 Å². The Kier molecular flexibility index (Phi) is 7.73. The van der Waals surface area contributed by atoms with Crippen molar-refractivity contribution in [1.82, 2.24) is 10.6 Å². The van der Waals surface area contributed by atoms with Gasteiger partial charge in [-0.2, -0.15) is 0 Å². The molecule has 6 nitrogen and oxygen atoms in total. The van der Waals surface area contributed by atoms with Crippen LogP contribution >= 0.6 is 15.9 Å². The first-order chi connectivity index (χ1) is 12.3. The van der Waals surface area contributed by atoms with Gasteiger partial charge < -0.3 is 24.8 Å². The van der Waals surface area contributed by atoms with Gasteiger partial charge in [0.2, 0.25) is 0 Å². The smallest absolute Gasteiger partial charge is 0.258 e. The van der Waals surface area contributed by atoms with E-state index in [2.05, 4.69) is 26.6 Å². The molecule has 0 spiro atoms. The first-order valence-corrected chi connectivity index (χ1v) is 9.71. The molecular weight excluding hydrogens is 400 g/mol. The van der Waals surface area contributed by atoms with Crippen molar-refractivity contribution in [3.05, 3.63) is 22.2 Å². The standard InChI is InChI=1S/C19H29BrN2O4/c1-19(2,3)22-17(23)12-26-18-14(15(20)7-8-16(18)24-4)11-21-10-13-6-5-9-25-13/h7-8,13,21H,5-6,9-12H2,1-4H3,(H,22,23). The number of ether oxygens (including phenoxy) is 3. The number of benzene rings is 1. The van der Waals surface area contributed by atoms with Crippen molar-refractivity contribution in [1.29, 1.82) is 0 Å². The molecule has 7 heteroatoms. The number of nitrogens with one attached hydrogen (secondary N) is 2. The molecule has 1 aromatic rings. The molecule has 146 valence electrons. The molecule has 1 aromatic carbocycles. The van der Waals surface area contributed by atoms with E-state index in [0.717, 1.165) is 36.0 Å². The number of hydrogen-bond acceptors (Lipinski definition) is 5. The number of hydrogen-bond donors (Lipinski definition) is 2. The third-order valence-electron chi connectivity index (χ3n) is 3.95. The predicted molar refractivity (Wildman–Crippen MR) is 105 cm³/mol. The summed E-state index contributed by atoms with van der Waals surface area (Å²) in [7, 11) is 1.59. The normalized spacial score (nSPS) is 17.2. The van der Waals surface area contributed by atoms with Gasteiger partial charge in [0.05, 0.1) is 13.2 Å². The molecule has 1 atom stereocenters. The number of rotatable bonds is 8. The minimum Gasteiger partial charge on any atom is -0.493 e. The van der Waals surface area contributed by atoms with Gasteiger partial charge in [0, 0.05) is 35.3 Å². The molecule has 1 heterocycles. The maximum absolute atomic E-state index is 12.1. The average molecular weight is 429 g/mol. The summed E-state index contributed by atoms with van der Waals surface area (Å²) in [5, 5.41) is 6.30. The summed E-state index contributed by atoms with van der Waals surface area (Å²) < 4.78 is 17.8. The molecule has 0 radical (unpaired) electrons. The molecule has 1 fully saturated rings. The minimum absolute atomic E-state index is 0.0666. The quantitative estimate of drug-likeness (QED) is 0.665. The highest BCUT2D eigenvalue weighted by atomic mass is 79.9. The van der Waals surface area contributed by atoms with Crippen LogP contribution in [0, 0.1) is 0 Å². The van der Waals surface area contributed by atoms with Crippen LogP contribution in [0.1, 0.15) is 39.2 Å². The molecule has 1 unspecified atom stereocenters. The van der Waals surface area contributed by atoms with Crippen LogP contribution in [-0.4, -0.2) is 44.4 Å². The van der Waals surface area contributed by atoms with E-state index < -0.39 is 0 Å². The summed E-state index contributed by atoms with van der Waals surface area (Å²) in [5.74, 6) is 1.01. The third kappa shape index (κ3) is 6.45. The van der Waals surface area contributed by atoms with Crippen LogP contribution in [-0.2, 0) is 16.1 Å². The van der Waals surface area contributed by atoms with E-state index in [9.17, 15) is 4.79 Å².